The van der Waals surface area contributed by atoms with Gasteiger partial charge >= 0.3 is 0 Å². The molecule has 0 fully saturated rings. The van der Waals surface area contributed by atoms with E-state index in [2.05, 4.69) is 58.6 Å². The second kappa shape index (κ2) is 8.15. The number of rotatable bonds is 7. The van der Waals surface area contributed by atoms with Crippen molar-refractivity contribution in [1.29, 1.82) is 0 Å². The molecule has 0 spiro atoms. The van der Waals surface area contributed by atoms with Crippen LogP contribution < -0.4 is 4.74 Å². The molecule has 2 aromatic carbocycles. The smallest absolute Gasteiger partial charge is 0.128 e. The number of aryl methyl sites for hydroxylation is 2. The quantitative estimate of drug-likeness (QED) is 0.462. The number of hydrogen-bond acceptors (Lipinski definition) is 3. The van der Waals surface area contributed by atoms with E-state index in [1.54, 1.807) is 7.11 Å². The molecule has 4 nitrogen and oxygen atoms in total. The third-order valence-corrected chi connectivity index (χ3v) is 5.81. The Morgan fingerprint density at radius 3 is 2.97 bits per heavy atom. The first-order valence-corrected chi connectivity index (χ1v) is 10.5. The summed E-state index contributed by atoms with van der Waals surface area (Å²) < 4.78 is 5.37. The van der Waals surface area contributed by atoms with Gasteiger partial charge in [-0.15, -0.1) is 0 Å². The lowest BCUT2D eigenvalue weighted by Gasteiger charge is -2.07. The Labute approximate surface area is 176 Å². The van der Waals surface area contributed by atoms with Crippen LogP contribution in [0.25, 0.3) is 17.0 Å². The lowest BCUT2D eigenvalue weighted by Crippen LogP contribution is -2.01. The second-order valence-electron chi connectivity index (χ2n) is 7.86. The predicted octanol–water partition coefficient (Wildman–Crippen LogP) is 5.30. The fourth-order valence-corrected chi connectivity index (χ4v) is 4.22. The van der Waals surface area contributed by atoms with Gasteiger partial charge in [-0.3, -0.25) is 0 Å². The monoisotopic (exact) mass is 395 g/mol. The number of fused-ring (bicyclic) bond motifs is 2. The van der Waals surface area contributed by atoms with Crippen molar-refractivity contribution in [2.75, 3.05) is 7.11 Å². The Bertz CT molecular complexity index is 1220. The molecule has 0 unspecified atom stereocenters. The molecule has 1 aliphatic rings. The number of benzene rings is 2. The lowest BCUT2D eigenvalue weighted by atomic mass is 10.0. The van der Waals surface area contributed by atoms with Crippen LogP contribution in [0.2, 0.25) is 0 Å². The summed E-state index contributed by atoms with van der Waals surface area (Å²) in [5, 5.41) is 1.23. The fourth-order valence-electron chi connectivity index (χ4n) is 4.22. The molecule has 1 aliphatic carbocycles. The van der Waals surface area contributed by atoms with E-state index in [-0.39, 0.29) is 0 Å². The molecule has 2 heterocycles. The van der Waals surface area contributed by atoms with Gasteiger partial charge in [0.15, 0.2) is 0 Å². The number of allylic oxidation sites excluding steroid dienone is 1. The van der Waals surface area contributed by atoms with E-state index in [1.165, 1.54) is 27.6 Å². The molecule has 2 aromatic heterocycles. The zero-order chi connectivity index (χ0) is 20.3. The number of H-pyrrole nitrogens is 1. The van der Waals surface area contributed by atoms with Crippen LogP contribution in [-0.2, 0) is 25.7 Å². The third-order valence-electron chi connectivity index (χ3n) is 5.81. The molecule has 30 heavy (non-hydrogen) atoms. The van der Waals surface area contributed by atoms with E-state index in [0.717, 1.165) is 54.9 Å². The third kappa shape index (κ3) is 3.86. The van der Waals surface area contributed by atoms with Crippen LogP contribution in [0.15, 0.2) is 60.9 Å². The average molecular weight is 396 g/mol. The Hall–Kier alpha value is -3.40. The highest BCUT2D eigenvalue weighted by Crippen LogP contribution is 2.25. The Morgan fingerprint density at radius 2 is 2.03 bits per heavy atom. The Morgan fingerprint density at radius 1 is 1.07 bits per heavy atom. The molecule has 5 rings (SSSR count). The summed E-state index contributed by atoms with van der Waals surface area (Å²) in [5.74, 6) is 1.81. The summed E-state index contributed by atoms with van der Waals surface area (Å²) in [5.41, 5.74) is 7.62. The van der Waals surface area contributed by atoms with Gasteiger partial charge in [0.1, 0.15) is 11.6 Å². The van der Waals surface area contributed by atoms with Crippen LogP contribution in [0.4, 0.5) is 0 Å². The van der Waals surface area contributed by atoms with Crippen LogP contribution >= 0.6 is 0 Å². The van der Waals surface area contributed by atoms with Gasteiger partial charge in [0.05, 0.1) is 7.11 Å². The van der Waals surface area contributed by atoms with Gasteiger partial charge < -0.3 is 9.72 Å². The SMILES string of the molecule is COc1ccc2[nH]cc(CCCc3nccc(Cc4ccc5c(c4)CC=C5)n3)c2c1. The minimum absolute atomic E-state index is 0.852. The molecule has 0 bridgehead atoms. The molecule has 0 atom stereocenters. The van der Waals surface area contributed by atoms with Gasteiger partial charge in [-0.25, -0.2) is 9.97 Å². The maximum absolute atomic E-state index is 5.37. The maximum atomic E-state index is 5.37. The summed E-state index contributed by atoms with van der Waals surface area (Å²) in [7, 11) is 1.71. The average Bonchev–Trinajstić information content (AvgIpc) is 3.40. The van der Waals surface area contributed by atoms with Crippen molar-refractivity contribution in [2.24, 2.45) is 0 Å². The number of nitrogens with zero attached hydrogens (tertiary/aromatic N) is 2. The van der Waals surface area contributed by atoms with E-state index < -0.39 is 0 Å². The van der Waals surface area contributed by atoms with Gasteiger partial charge in [0, 0.05) is 41.8 Å². The number of aromatic amines is 1. The molecular weight excluding hydrogens is 370 g/mol. The second-order valence-corrected chi connectivity index (χ2v) is 7.86. The first-order chi connectivity index (χ1) is 14.8. The van der Waals surface area contributed by atoms with E-state index >= 15 is 0 Å². The summed E-state index contributed by atoms with van der Waals surface area (Å²) >= 11 is 0. The zero-order valence-corrected chi connectivity index (χ0v) is 17.2. The number of aromatic nitrogens is 3. The molecule has 0 aliphatic heterocycles. The lowest BCUT2D eigenvalue weighted by molar-refractivity contribution is 0.415. The van der Waals surface area contributed by atoms with Crippen molar-refractivity contribution in [2.45, 2.75) is 32.1 Å². The highest BCUT2D eigenvalue weighted by atomic mass is 16.5. The summed E-state index contributed by atoms with van der Waals surface area (Å²) in [6.45, 7) is 0. The molecule has 4 heteroatoms. The summed E-state index contributed by atoms with van der Waals surface area (Å²) in [6, 6.07) is 14.9. The number of nitrogens with one attached hydrogen (secondary N) is 1. The van der Waals surface area contributed by atoms with Gasteiger partial charge in [-0.05, 0) is 65.8 Å². The van der Waals surface area contributed by atoms with E-state index in [4.69, 9.17) is 9.72 Å². The van der Waals surface area contributed by atoms with Gasteiger partial charge in [-0.2, -0.15) is 0 Å². The molecule has 0 saturated heterocycles. The molecule has 4 aromatic rings. The molecule has 1 N–H and O–H groups in total. The predicted molar refractivity (Wildman–Crippen MR) is 121 cm³/mol. The summed E-state index contributed by atoms with van der Waals surface area (Å²) in [6.07, 6.45) is 13.2. The minimum Gasteiger partial charge on any atom is -0.497 e. The zero-order valence-electron chi connectivity index (χ0n) is 17.2. The highest BCUT2D eigenvalue weighted by Gasteiger charge is 2.09. The normalized spacial score (nSPS) is 12.4. The maximum Gasteiger partial charge on any atom is 0.128 e. The minimum atomic E-state index is 0.852. The van der Waals surface area contributed by atoms with Crippen molar-refractivity contribution in [3.8, 4) is 5.75 Å². The Balaban J connectivity index is 1.23. The van der Waals surface area contributed by atoms with E-state index in [1.807, 2.05) is 18.3 Å². The first kappa shape index (κ1) is 18.6. The van der Waals surface area contributed by atoms with Crippen LogP contribution in [0.5, 0.6) is 5.75 Å². The largest absolute Gasteiger partial charge is 0.497 e. The van der Waals surface area contributed by atoms with Crippen molar-refractivity contribution >= 4 is 17.0 Å². The molecule has 0 saturated carbocycles. The van der Waals surface area contributed by atoms with Gasteiger partial charge in [-0.1, -0.05) is 30.4 Å². The molecular formula is C26H25N3O. The number of ether oxygens (including phenoxy) is 1. The van der Waals surface area contributed by atoms with Crippen LogP contribution in [-0.4, -0.2) is 22.1 Å². The molecule has 0 amide bonds. The van der Waals surface area contributed by atoms with E-state index in [9.17, 15) is 0 Å². The molecule has 150 valence electrons. The Kier molecular flexibility index (Phi) is 5.06. The number of methoxy groups -OCH3 is 1. The number of hydrogen-bond donors (Lipinski definition) is 1. The first-order valence-electron chi connectivity index (χ1n) is 10.5. The van der Waals surface area contributed by atoms with Crippen LogP contribution in [0.1, 0.15) is 40.2 Å². The van der Waals surface area contributed by atoms with Crippen molar-refractivity contribution in [3.63, 3.8) is 0 Å². The van der Waals surface area contributed by atoms with Crippen LogP contribution in [0.3, 0.4) is 0 Å². The van der Waals surface area contributed by atoms with Gasteiger partial charge in [0.2, 0.25) is 0 Å². The fraction of sp³-hybridized carbons (Fsp3) is 0.231. The van der Waals surface area contributed by atoms with Crippen molar-refractivity contribution < 1.29 is 4.74 Å². The topological polar surface area (TPSA) is 50.8 Å². The van der Waals surface area contributed by atoms with E-state index in [0.29, 0.717) is 0 Å². The van der Waals surface area contributed by atoms with Crippen molar-refractivity contribution in [1.82, 2.24) is 15.0 Å². The molecule has 0 radical (unpaired) electrons. The highest BCUT2D eigenvalue weighted by molar-refractivity contribution is 5.84. The van der Waals surface area contributed by atoms with Crippen LogP contribution in [0, 0.1) is 0 Å². The van der Waals surface area contributed by atoms with Crippen molar-refractivity contribution in [3.05, 3.63) is 94.7 Å². The standard InChI is InChI=1S/C26H25N3O/c1-30-23-10-11-25-24(16-23)21(17-28-25)6-3-7-26-27-13-12-22(29-26)15-18-8-9-19-4-2-5-20(19)14-18/h2,4,8-14,16-17,28H,3,5-7,15H2,1H3. The van der Waals surface area contributed by atoms with Gasteiger partial charge in [0.25, 0.3) is 0 Å². The summed E-state index contributed by atoms with van der Waals surface area (Å²) in [4.78, 5) is 12.7.